The van der Waals surface area contributed by atoms with Gasteiger partial charge in [-0.05, 0) is 55.3 Å². The number of para-hydroxylation sites is 4. The summed E-state index contributed by atoms with van der Waals surface area (Å²) in [6.07, 6.45) is 0. The first-order chi connectivity index (χ1) is 26.0. The van der Waals surface area contributed by atoms with Gasteiger partial charge in [0.25, 0.3) is 0 Å². The molecule has 0 saturated carbocycles. The van der Waals surface area contributed by atoms with Crippen LogP contribution in [0.25, 0.3) is 72.8 Å². The van der Waals surface area contributed by atoms with Crippen molar-refractivity contribution in [3.05, 3.63) is 181 Å². The third-order valence-corrected chi connectivity index (χ3v) is 9.79. The van der Waals surface area contributed by atoms with Crippen molar-refractivity contribution < 1.29 is 4.39 Å². The number of anilines is 2. The molecule has 2 aromatic heterocycles. The summed E-state index contributed by atoms with van der Waals surface area (Å²) in [4.78, 5) is 14.8. The lowest BCUT2D eigenvalue weighted by atomic mass is 9.98. The van der Waals surface area contributed by atoms with E-state index in [1.54, 1.807) is 0 Å². The third-order valence-electron chi connectivity index (χ3n) is 9.79. The van der Waals surface area contributed by atoms with Crippen molar-refractivity contribution in [2.75, 3.05) is 5.32 Å². The highest BCUT2D eigenvalue weighted by atomic mass is 19.1. The lowest BCUT2D eigenvalue weighted by Crippen LogP contribution is -2.05. The number of hydrogen-bond acceptors (Lipinski definition) is 4. The van der Waals surface area contributed by atoms with Gasteiger partial charge in [-0.3, -0.25) is 0 Å². The van der Waals surface area contributed by atoms with Crippen LogP contribution in [0, 0.1) is 19.7 Å². The average molecular weight is 688 g/mol. The highest BCUT2D eigenvalue weighted by Gasteiger charge is 2.23. The van der Waals surface area contributed by atoms with E-state index in [0.29, 0.717) is 17.2 Å². The van der Waals surface area contributed by atoms with Crippen LogP contribution in [0.4, 0.5) is 15.8 Å². The number of nitrogens with one attached hydrogen (secondary N) is 1. The molecule has 0 amide bonds. The molecule has 0 saturated heterocycles. The fourth-order valence-corrected chi connectivity index (χ4v) is 7.20. The monoisotopic (exact) mass is 687 g/mol. The smallest absolute Gasteiger partial charge is 0.167 e. The second-order valence-electron chi connectivity index (χ2n) is 13.2. The molecule has 2 heterocycles. The molecule has 0 bridgehead atoms. The molecule has 9 rings (SSSR count). The number of aryl methyl sites for hydroxylation is 2. The van der Waals surface area contributed by atoms with Crippen molar-refractivity contribution in [2.45, 2.75) is 13.8 Å². The Balaban J connectivity index is 1.34. The summed E-state index contributed by atoms with van der Waals surface area (Å²) in [7, 11) is 0. The van der Waals surface area contributed by atoms with Crippen molar-refractivity contribution in [1.29, 1.82) is 0 Å². The van der Waals surface area contributed by atoms with Gasteiger partial charge in [-0.25, -0.2) is 19.3 Å². The molecule has 7 aromatic carbocycles. The molecule has 0 fully saturated rings. The number of halogens is 1. The summed E-state index contributed by atoms with van der Waals surface area (Å²) >= 11 is 0. The molecular formula is C47H34FN5. The predicted octanol–water partition coefficient (Wildman–Crippen LogP) is 12.1. The minimum atomic E-state index is -0.422. The van der Waals surface area contributed by atoms with Crippen LogP contribution >= 0.6 is 0 Å². The van der Waals surface area contributed by atoms with Gasteiger partial charge in [0.15, 0.2) is 17.5 Å². The summed E-state index contributed by atoms with van der Waals surface area (Å²) in [6, 6.07) is 54.1. The summed E-state index contributed by atoms with van der Waals surface area (Å²) in [6.45, 7) is 4.16. The van der Waals surface area contributed by atoms with Crippen LogP contribution in [0.5, 0.6) is 0 Å². The molecule has 0 aliphatic carbocycles. The van der Waals surface area contributed by atoms with Crippen molar-refractivity contribution in [2.24, 2.45) is 0 Å². The molecule has 5 nitrogen and oxygen atoms in total. The lowest BCUT2D eigenvalue weighted by Gasteiger charge is -2.19. The fraction of sp³-hybridized carbons (Fsp3) is 0.0426. The zero-order valence-corrected chi connectivity index (χ0v) is 29.3. The number of fused-ring (bicyclic) bond motifs is 3. The molecule has 0 unspecified atom stereocenters. The maximum Gasteiger partial charge on any atom is 0.167 e. The van der Waals surface area contributed by atoms with Gasteiger partial charge >= 0.3 is 0 Å². The maximum absolute atomic E-state index is 17.7. The number of rotatable bonds is 7. The van der Waals surface area contributed by atoms with E-state index < -0.39 is 5.82 Å². The molecule has 9 aromatic rings. The van der Waals surface area contributed by atoms with E-state index in [-0.39, 0.29) is 11.4 Å². The van der Waals surface area contributed by atoms with Gasteiger partial charge in [-0.15, -0.1) is 0 Å². The maximum atomic E-state index is 17.7. The van der Waals surface area contributed by atoms with Crippen LogP contribution in [0.1, 0.15) is 11.1 Å². The Morgan fingerprint density at radius 1 is 0.472 bits per heavy atom. The van der Waals surface area contributed by atoms with E-state index in [9.17, 15) is 0 Å². The summed E-state index contributed by atoms with van der Waals surface area (Å²) in [5.74, 6) is 0.762. The Kier molecular flexibility index (Phi) is 8.05. The Morgan fingerprint density at radius 2 is 0.962 bits per heavy atom. The van der Waals surface area contributed by atoms with Gasteiger partial charge in [0.1, 0.15) is 5.82 Å². The van der Waals surface area contributed by atoms with Crippen molar-refractivity contribution >= 4 is 33.2 Å². The molecular weight excluding hydrogens is 654 g/mol. The van der Waals surface area contributed by atoms with Gasteiger partial charge in [0.05, 0.1) is 16.6 Å². The van der Waals surface area contributed by atoms with E-state index in [1.807, 2.05) is 115 Å². The van der Waals surface area contributed by atoms with E-state index in [4.69, 9.17) is 15.0 Å². The zero-order chi connectivity index (χ0) is 35.9. The normalized spacial score (nSPS) is 11.3. The predicted molar refractivity (Wildman–Crippen MR) is 215 cm³/mol. The molecule has 53 heavy (non-hydrogen) atoms. The number of hydrogen-bond donors (Lipinski definition) is 1. The van der Waals surface area contributed by atoms with Crippen molar-refractivity contribution in [3.8, 4) is 51.0 Å². The van der Waals surface area contributed by atoms with Gasteiger partial charge in [-0.2, -0.15) is 0 Å². The van der Waals surface area contributed by atoms with Crippen molar-refractivity contribution in [3.63, 3.8) is 0 Å². The standard InChI is InChI=1S/C47H34FN5/c1-30-16-15-17-31(2)44(30)49-40-25-12-9-22-35(40)38-28-34(53-41-26-13-10-23-36(41)37-24-11-14-27-42(37)53)29-39(43(38)48)47-51-45(32-18-5-3-6-19-32)50-46(52-47)33-20-7-4-8-21-33/h3-29,49H,1-2H3. The summed E-state index contributed by atoms with van der Waals surface area (Å²) in [5, 5.41) is 5.89. The van der Waals surface area contributed by atoms with Gasteiger partial charge in [0.2, 0.25) is 0 Å². The second-order valence-corrected chi connectivity index (χ2v) is 13.2. The van der Waals surface area contributed by atoms with E-state index >= 15 is 4.39 Å². The Bertz CT molecular complexity index is 2660. The van der Waals surface area contributed by atoms with Crippen molar-refractivity contribution in [1.82, 2.24) is 19.5 Å². The van der Waals surface area contributed by atoms with Gasteiger partial charge < -0.3 is 9.88 Å². The minimum absolute atomic E-state index is 0.249. The second kappa shape index (κ2) is 13.3. The topological polar surface area (TPSA) is 55.6 Å². The first-order valence-electron chi connectivity index (χ1n) is 17.7. The molecule has 0 radical (unpaired) electrons. The first-order valence-corrected chi connectivity index (χ1v) is 17.7. The third kappa shape index (κ3) is 5.80. The molecule has 0 aliphatic heterocycles. The summed E-state index contributed by atoms with van der Waals surface area (Å²) < 4.78 is 19.9. The first kappa shape index (κ1) is 32.0. The Morgan fingerprint density at radius 3 is 1.57 bits per heavy atom. The quantitative estimate of drug-likeness (QED) is 0.181. The highest BCUT2D eigenvalue weighted by molar-refractivity contribution is 6.09. The number of nitrogens with zero attached hydrogens (tertiary/aromatic N) is 4. The van der Waals surface area contributed by atoms with Crippen LogP contribution < -0.4 is 5.32 Å². The average Bonchev–Trinajstić information content (AvgIpc) is 3.55. The minimum Gasteiger partial charge on any atom is -0.355 e. The fourth-order valence-electron chi connectivity index (χ4n) is 7.20. The largest absolute Gasteiger partial charge is 0.355 e. The van der Waals surface area contributed by atoms with Crippen LogP contribution in [0.3, 0.4) is 0 Å². The molecule has 1 N–H and O–H groups in total. The highest BCUT2D eigenvalue weighted by Crippen LogP contribution is 2.41. The van der Waals surface area contributed by atoms with Crippen LogP contribution in [-0.2, 0) is 0 Å². The zero-order valence-electron chi connectivity index (χ0n) is 29.3. The molecule has 254 valence electrons. The van der Waals surface area contributed by atoms with E-state index in [0.717, 1.165) is 66.7 Å². The van der Waals surface area contributed by atoms with E-state index in [2.05, 4.69) is 72.3 Å². The van der Waals surface area contributed by atoms with Crippen LogP contribution in [-0.4, -0.2) is 19.5 Å². The van der Waals surface area contributed by atoms with Crippen LogP contribution in [0.2, 0.25) is 0 Å². The molecule has 0 atom stereocenters. The Hall–Kier alpha value is -6.92. The van der Waals surface area contributed by atoms with Crippen LogP contribution in [0.15, 0.2) is 164 Å². The lowest BCUT2D eigenvalue weighted by molar-refractivity contribution is 0.633. The Labute approximate surface area is 307 Å². The molecule has 0 spiro atoms. The molecule has 6 heteroatoms. The van der Waals surface area contributed by atoms with Gasteiger partial charge in [-0.1, -0.05) is 133 Å². The number of benzene rings is 7. The number of aromatic nitrogens is 4. The SMILES string of the molecule is Cc1cccc(C)c1Nc1ccccc1-c1cc(-n2c3ccccc3c3ccccc32)cc(-c2nc(-c3ccccc3)nc(-c3ccccc3)n2)c1F. The summed E-state index contributed by atoms with van der Waals surface area (Å²) in [5.41, 5.74) is 9.88. The van der Waals surface area contributed by atoms with Gasteiger partial charge in [0, 0.05) is 50.1 Å². The molecule has 0 aliphatic rings. The van der Waals surface area contributed by atoms with E-state index in [1.165, 1.54) is 0 Å².